The second kappa shape index (κ2) is 7.30. The largest absolute Gasteiger partial charge is 0.497 e. The fourth-order valence-electron chi connectivity index (χ4n) is 1.63. The number of likely N-dealkylation sites (N-methyl/N-ethyl adjacent to an activating group) is 1. The van der Waals surface area contributed by atoms with E-state index in [0.717, 1.165) is 12.4 Å². The monoisotopic (exact) mass is 237 g/mol. The van der Waals surface area contributed by atoms with Crippen LogP contribution in [0.2, 0.25) is 0 Å². The second-order valence-electron chi connectivity index (χ2n) is 4.55. The van der Waals surface area contributed by atoms with E-state index in [-0.39, 0.29) is 6.04 Å². The predicted molar refractivity (Wildman–Crippen MR) is 70.5 cm³/mol. The average molecular weight is 237 g/mol. The van der Waals surface area contributed by atoms with Crippen molar-refractivity contribution in [2.75, 3.05) is 27.4 Å². The highest BCUT2D eigenvalue weighted by Crippen LogP contribution is 2.19. The first-order chi connectivity index (χ1) is 8.17. The lowest BCUT2D eigenvalue weighted by Crippen LogP contribution is -2.22. The number of nitrogens with one attached hydrogen (secondary N) is 1. The number of benzene rings is 1. The molecule has 17 heavy (non-hydrogen) atoms. The van der Waals surface area contributed by atoms with Crippen LogP contribution in [-0.4, -0.2) is 27.4 Å². The van der Waals surface area contributed by atoms with Gasteiger partial charge in [0.05, 0.1) is 19.8 Å². The summed E-state index contributed by atoms with van der Waals surface area (Å²) in [4.78, 5) is 0. The summed E-state index contributed by atoms with van der Waals surface area (Å²) in [7, 11) is 3.63. The number of hydrogen-bond acceptors (Lipinski definition) is 3. The van der Waals surface area contributed by atoms with E-state index in [1.54, 1.807) is 7.11 Å². The van der Waals surface area contributed by atoms with Crippen molar-refractivity contribution >= 4 is 0 Å². The summed E-state index contributed by atoms with van der Waals surface area (Å²) < 4.78 is 10.9. The molecule has 1 aromatic rings. The SMILES string of the molecule is CNC(COCC(C)C)c1cccc(OC)c1. The molecular weight excluding hydrogens is 214 g/mol. The lowest BCUT2D eigenvalue weighted by Gasteiger charge is -2.18. The Balaban J connectivity index is 2.59. The van der Waals surface area contributed by atoms with Crippen LogP contribution in [0.3, 0.4) is 0 Å². The smallest absolute Gasteiger partial charge is 0.119 e. The van der Waals surface area contributed by atoms with Crippen molar-refractivity contribution in [3.63, 3.8) is 0 Å². The fourth-order valence-corrected chi connectivity index (χ4v) is 1.63. The standard InChI is InChI=1S/C14H23NO2/c1-11(2)9-17-10-14(15-3)12-6-5-7-13(8-12)16-4/h5-8,11,14-15H,9-10H2,1-4H3. The number of hydrogen-bond donors (Lipinski definition) is 1. The van der Waals surface area contributed by atoms with Crippen molar-refractivity contribution in [3.8, 4) is 5.75 Å². The van der Waals surface area contributed by atoms with E-state index < -0.39 is 0 Å². The van der Waals surface area contributed by atoms with Crippen LogP contribution in [0.1, 0.15) is 25.5 Å². The Labute approximate surface area is 104 Å². The predicted octanol–water partition coefficient (Wildman–Crippen LogP) is 2.63. The van der Waals surface area contributed by atoms with E-state index in [4.69, 9.17) is 9.47 Å². The molecule has 1 rings (SSSR count). The van der Waals surface area contributed by atoms with Gasteiger partial charge in [0.15, 0.2) is 0 Å². The second-order valence-corrected chi connectivity index (χ2v) is 4.55. The van der Waals surface area contributed by atoms with E-state index in [1.807, 2.05) is 25.2 Å². The topological polar surface area (TPSA) is 30.5 Å². The molecule has 0 heterocycles. The Bertz CT molecular complexity index is 326. The molecule has 0 radical (unpaired) electrons. The molecule has 0 saturated heterocycles. The number of methoxy groups -OCH3 is 1. The molecule has 0 saturated carbocycles. The highest BCUT2D eigenvalue weighted by molar-refractivity contribution is 5.30. The summed E-state index contributed by atoms with van der Waals surface area (Å²) in [5, 5.41) is 3.26. The minimum atomic E-state index is 0.212. The molecule has 0 bridgehead atoms. The van der Waals surface area contributed by atoms with Crippen LogP contribution in [0.25, 0.3) is 0 Å². The van der Waals surface area contributed by atoms with E-state index in [1.165, 1.54) is 5.56 Å². The third-order valence-electron chi connectivity index (χ3n) is 2.58. The normalized spacial score (nSPS) is 12.8. The van der Waals surface area contributed by atoms with Gasteiger partial charge in [-0.1, -0.05) is 26.0 Å². The number of ether oxygens (including phenoxy) is 2. The van der Waals surface area contributed by atoms with Gasteiger partial charge < -0.3 is 14.8 Å². The average Bonchev–Trinajstić information content (AvgIpc) is 2.34. The van der Waals surface area contributed by atoms with Gasteiger partial charge in [-0.25, -0.2) is 0 Å². The van der Waals surface area contributed by atoms with Crippen LogP contribution in [0.15, 0.2) is 24.3 Å². The maximum atomic E-state index is 5.67. The minimum absolute atomic E-state index is 0.212. The first-order valence-corrected chi connectivity index (χ1v) is 6.06. The van der Waals surface area contributed by atoms with Crippen LogP contribution in [-0.2, 0) is 4.74 Å². The molecular formula is C14H23NO2. The van der Waals surface area contributed by atoms with Gasteiger partial charge in [0.2, 0.25) is 0 Å². The van der Waals surface area contributed by atoms with Gasteiger partial charge >= 0.3 is 0 Å². The van der Waals surface area contributed by atoms with Crippen LogP contribution in [0.5, 0.6) is 5.75 Å². The molecule has 0 amide bonds. The van der Waals surface area contributed by atoms with Gasteiger partial charge in [0.1, 0.15) is 5.75 Å². The van der Waals surface area contributed by atoms with E-state index >= 15 is 0 Å². The Morgan fingerprint density at radius 3 is 2.59 bits per heavy atom. The Kier molecular flexibility index (Phi) is 6.01. The molecule has 3 heteroatoms. The molecule has 1 N–H and O–H groups in total. The molecule has 0 aliphatic carbocycles. The molecule has 0 fully saturated rings. The first kappa shape index (κ1) is 14.0. The van der Waals surface area contributed by atoms with E-state index in [9.17, 15) is 0 Å². The first-order valence-electron chi connectivity index (χ1n) is 6.06. The van der Waals surface area contributed by atoms with Gasteiger partial charge in [-0.3, -0.25) is 0 Å². The Hall–Kier alpha value is -1.06. The molecule has 0 spiro atoms. The summed E-state index contributed by atoms with van der Waals surface area (Å²) >= 11 is 0. The zero-order chi connectivity index (χ0) is 12.7. The van der Waals surface area contributed by atoms with Crippen molar-refractivity contribution in [2.24, 2.45) is 5.92 Å². The highest BCUT2D eigenvalue weighted by Gasteiger charge is 2.10. The molecule has 1 atom stereocenters. The van der Waals surface area contributed by atoms with E-state index in [2.05, 4.69) is 25.2 Å². The Morgan fingerprint density at radius 1 is 1.24 bits per heavy atom. The molecule has 1 aromatic carbocycles. The summed E-state index contributed by atoms with van der Waals surface area (Å²) in [6, 6.07) is 8.29. The summed E-state index contributed by atoms with van der Waals surface area (Å²) in [5.74, 6) is 1.45. The van der Waals surface area contributed by atoms with Gasteiger partial charge in [-0.05, 0) is 30.7 Å². The van der Waals surface area contributed by atoms with Gasteiger partial charge in [0, 0.05) is 6.61 Å². The van der Waals surface area contributed by atoms with E-state index in [0.29, 0.717) is 12.5 Å². The Morgan fingerprint density at radius 2 is 2.00 bits per heavy atom. The van der Waals surface area contributed by atoms with Crippen LogP contribution in [0, 0.1) is 5.92 Å². The van der Waals surface area contributed by atoms with Crippen molar-refractivity contribution in [2.45, 2.75) is 19.9 Å². The molecule has 0 aliphatic rings. The lowest BCUT2D eigenvalue weighted by molar-refractivity contribution is 0.0919. The van der Waals surface area contributed by atoms with Crippen molar-refractivity contribution in [3.05, 3.63) is 29.8 Å². The van der Waals surface area contributed by atoms with Crippen LogP contribution >= 0.6 is 0 Å². The van der Waals surface area contributed by atoms with Crippen molar-refractivity contribution < 1.29 is 9.47 Å². The summed E-state index contributed by atoms with van der Waals surface area (Å²) in [5.41, 5.74) is 1.19. The third-order valence-corrected chi connectivity index (χ3v) is 2.58. The maximum Gasteiger partial charge on any atom is 0.119 e. The summed E-state index contributed by atoms with van der Waals surface area (Å²) in [6.07, 6.45) is 0. The molecule has 96 valence electrons. The minimum Gasteiger partial charge on any atom is -0.497 e. The zero-order valence-corrected chi connectivity index (χ0v) is 11.2. The lowest BCUT2D eigenvalue weighted by atomic mass is 10.1. The molecule has 0 aromatic heterocycles. The molecule has 3 nitrogen and oxygen atoms in total. The van der Waals surface area contributed by atoms with Gasteiger partial charge in [0.25, 0.3) is 0 Å². The third kappa shape index (κ3) is 4.75. The highest BCUT2D eigenvalue weighted by atomic mass is 16.5. The summed E-state index contributed by atoms with van der Waals surface area (Å²) in [6.45, 7) is 5.78. The van der Waals surface area contributed by atoms with Gasteiger partial charge in [-0.2, -0.15) is 0 Å². The number of rotatable bonds is 7. The van der Waals surface area contributed by atoms with Crippen molar-refractivity contribution in [1.82, 2.24) is 5.32 Å². The quantitative estimate of drug-likeness (QED) is 0.790. The maximum absolute atomic E-state index is 5.67. The van der Waals surface area contributed by atoms with Crippen LogP contribution < -0.4 is 10.1 Å². The van der Waals surface area contributed by atoms with Gasteiger partial charge in [-0.15, -0.1) is 0 Å². The van der Waals surface area contributed by atoms with Crippen molar-refractivity contribution in [1.29, 1.82) is 0 Å². The zero-order valence-electron chi connectivity index (χ0n) is 11.2. The fraction of sp³-hybridized carbons (Fsp3) is 0.571. The molecule has 0 aliphatic heterocycles. The molecule has 1 unspecified atom stereocenters. The van der Waals surface area contributed by atoms with Crippen LogP contribution in [0.4, 0.5) is 0 Å².